The molecule has 26 heavy (non-hydrogen) atoms. The van der Waals surface area contributed by atoms with Gasteiger partial charge in [0.05, 0.1) is 0 Å². The summed E-state index contributed by atoms with van der Waals surface area (Å²) >= 11 is 0. The van der Waals surface area contributed by atoms with Gasteiger partial charge in [-0.15, -0.1) is 0 Å². The van der Waals surface area contributed by atoms with Crippen LogP contribution < -0.4 is 0 Å². The second-order valence-corrected chi connectivity index (χ2v) is 10.1. The summed E-state index contributed by atoms with van der Waals surface area (Å²) in [5, 5.41) is 0. The Morgan fingerprint density at radius 2 is 1.73 bits per heavy atom. The minimum Gasteiger partial charge on any atom is -0.462 e. The third-order valence-electron chi connectivity index (χ3n) is 8.99. The first kappa shape index (κ1) is 18.3. The largest absolute Gasteiger partial charge is 0.462 e. The van der Waals surface area contributed by atoms with E-state index in [2.05, 4.69) is 19.9 Å². The monoisotopic (exact) mass is 358 g/mol. The summed E-state index contributed by atoms with van der Waals surface area (Å²) in [6.07, 6.45) is 11.7. The maximum atomic E-state index is 11.9. The lowest BCUT2D eigenvalue weighted by Gasteiger charge is -2.59. The van der Waals surface area contributed by atoms with E-state index >= 15 is 0 Å². The molecule has 0 aromatic heterocycles. The lowest BCUT2D eigenvalue weighted by atomic mass is 9.45. The molecule has 144 valence electrons. The molecule has 0 bridgehead atoms. The van der Waals surface area contributed by atoms with Crippen LogP contribution in [0.25, 0.3) is 0 Å². The van der Waals surface area contributed by atoms with Crippen molar-refractivity contribution in [3.05, 3.63) is 11.6 Å². The molecule has 4 rings (SSSR count). The summed E-state index contributed by atoms with van der Waals surface area (Å²) in [6.45, 7) is 8.16. The van der Waals surface area contributed by atoms with Crippen molar-refractivity contribution in [2.45, 2.75) is 85.2 Å². The van der Waals surface area contributed by atoms with Crippen LogP contribution in [0.1, 0.15) is 79.1 Å². The Labute approximate surface area is 157 Å². The normalized spacial score (nSPS) is 47.2. The summed E-state index contributed by atoms with van der Waals surface area (Å²) in [5.74, 6) is 3.04. The fourth-order valence-electron chi connectivity index (χ4n) is 7.51. The molecule has 0 saturated heterocycles. The molecule has 3 saturated carbocycles. The first-order valence-electron chi connectivity index (χ1n) is 10.6. The van der Waals surface area contributed by atoms with Crippen LogP contribution in [0.4, 0.5) is 0 Å². The average Bonchev–Trinajstić information content (AvgIpc) is 2.90. The fraction of sp³-hybridized carbons (Fsp3) is 0.826. The lowest BCUT2D eigenvalue weighted by Crippen LogP contribution is -2.53. The molecule has 3 nitrogen and oxygen atoms in total. The van der Waals surface area contributed by atoms with E-state index in [-0.39, 0.29) is 23.3 Å². The van der Waals surface area contributed by atoms with Crippen LogP contribution in [0.2, 0.25) is 0 Å². The molecule has 0 radical (unpaired) electrons. The Kier molecular flexibility index (Phi) is 4.36. The van der Waals surface area contributed by atoms with Gasteiger partial charge in [0.15, 0.2) is 5.78 Å². The van der Waals surface area contributed by atoms with E-state index in [1.807, 2.05) is 0 Å². The zero-order valence-corrected chi connectivity index (χ0v) is 16.8. The SMILES string of the molecule is CC(=O)O[C@H]1CC[C@@H]2[C@@H]3CC[C@H]4CC(C(C)=O)=CC[C@]4(C)[C@H]3CC[C@]12C. The van der Waals surface area contributed by atoms with Crippen LogP contribution in [0.3, 0.4) is 0 Å². The van der Waals surface area contributed by atoms with Crippen LogP contribution in [-0.2, 0) is 14.3 Å². The lowest BCUT2D eigenvalue weighted by molar-refractivity contribution is -0.160. The molecule has 0 aliphatic heterocycles. The highest BCUT2D eigenvalue weighted by Gasteiger charge is 2.60. The van der Waals surface area contributed by atoms with Crippen LogP contribution in [-0.4, -0.2) is 17.9 Å². The van der Waals surface area contributed by atoms with Crippen molar-refractivity contribution < 1.29 is 14.3 Å². The van der Waals surface area contributed by atoms with Crippen LogP contribution in [0.5, 0.6) is 0 Å². The molecule has 4 aliphatic rings. The van der Waals surface area contributed by atoms with Crippen molar-refractivity contribution in [1.29, 1.82) is 0 Å². The van der Waals surface area contributed by atoms with Crippen molar-refractivity contribution in [1.82, 2.24) is 0 Å². The van der Waals surface area contributed by atoms with E-state index in [1.165, 1.54) is 32.1 Å². The Hall–Kier alpha value is -1.12. The summed E-state index contributed by atoms with van der Waals surface area (Å²) in [4.78, 5) is 23.4. The third-order valence-corrected chi connectivity index (χ3v) is 8.99. The first-order valence-corrected chi connectivity index (χ1v) is 10.6. The van der Waals surface area contributed by atoms with Crippen molar-refractivity contribution in [2.75, 3.05) is 0 Å². The summed E-state index contributed by atoms with van der Waals surface area (Å²) in [7, 11) is 0. The topological polar surface area (TPSA) is 43.4 Å². The first-order chi connectivity index (χ1) is 12.3. The van der Waals surface area contributed by atoms with Crippen molar-refractivity contribution in [3.8, 4) is 0 Å². The second-order valence-electron chi connectivity index (χ2n) is 10.1. The van der Waals surface area contributed by atoms with Gasteiger partial charge >= 0.3 is 5.97 Å². The molecule has 0 heterocycles. The number of ether oxygens (including phenoxy) is 1. The second kappa shape index (κ2) is 6.21. The van der Waals surface area contributed by atoms with E-state index in [1.54, 1.807) is 13.8 Å². The molecule has 0 aromatic carbocycles. The molecule has 0 amide bonds. The molecule has 0 aromatic rings. The van der Waals surface area contributed by atoms with Crippen molar-refractivity contribution >= 4 is 11.8 Å². The summed E-state index contributed by atoms with van der Waals surface area (Å²) in [6, 6.07) is 0. The molecule has 3 fully saturated rings. The number of carbonyl (C=O) groups excluding carboxylic acids is 2. The number of esters is 1. The Morgan fingerprint density at radius 3 is 2.42 bits per heavy atom. The quantitative estimate of drug-likeness (QED) is 0.646. The van der Waals surface area contributed by atoms with E-state index in [9.17, 15) is 9.59 Å². The zero-order chi connectivity index (χ0) is 18.7. The highest BCUT2D eigenvalue weighted by molar-refractivity contribution is 5.93. The van der Waals surface area contributed by atoms with E-state index in [0.29, 0.717) is 17.3 Å². The molecule has 4 aliphatic carbocycles. The minimum absolute atomic E-state index is 0.118. The number of rotatable bonds is 2. The molecule has 0 N–H and O–H groups in total. The highest BCUT2D eigenvalue weighted by atomic mass is 16.5. The maximum absolute atomic E-state index is 11.9. The minimum atomic E-state index is -0.121. The number of ketones is 1. The number of Topliss-reactive ketones (excluding diaryl/α,β-unsaturated/α-hetero) is 1. The Morgan fingerprint density at radius 1 is 1.00 bits per heavy atom. The van der Waals surface area contributed by atoms with E-state index in [4.69, 9.17) is 4.74 Å². The van der Waals surface area contributed by atoms with Crippen LogP contribution in [0, 0.1) is 34.5 Å². The van der Waals surface area contributed by atoms with E-state index in [0.717, 1.165) is 36.7 Å². The molecular formula is C23H34O3. The van der Waals surface area contributed by atoms with Gasteiger partial charge in [-0.05, 0) is 93.0 Å². The number of fused-ring (bicyclic) bond motifs is 5. The van der Waals surface area contributed by atoms with Gasteiger partial charge in [-0.3, -0.25) is 9.59 Å². The van der Waals surface area contributed by atoms with Gasteiger partial charge in [0.25, 0.3) is 0 Å². The van der Waals surface area contributed by atoms with Crippen molar-refractivity contribution in [3.63, 3.8) is 0 Å². The van der Waals surface area contributed by atoms with Crippen LogP contribution >= 0.6 is 0 Å². The van der Waals surface area contributed by atoms with Gasteiger partial charge in [-0.2, -0.15) is 0 Å². The Balaban J connectivity index is 1.58. The van der Waals surface area contributed by atoms with Gasteiger partial charge in [-0.1, -0.05) is 19.9 Å². The fourth-order valence-corrected chi connectivity index (χ4v) is 7.51. The van der Waals surface area contributed by atoms with Gasteiger partial charge in [0, 0.05) is 12.3 Å². The molecule has 7 atom stereocenters. The highest BCUT2D eigenvalue weighted by Crippen LogP contribution is 2.66. The summed E-state index contributed by atoms with van der Waals surface area (Å²) in [5.41, 5.74) is 1.59. The smallest absolute Gasteiger partial charge is 0.302 e. The number of allylic oxidation sites excluding steroid dienone is 2. The average molecular weight is 359 g/mol. The molecule has 3 heteroatoms. The number of carbonyl (C=O) groups is 2. The predicted molar refractivity (Wildman–Crippen MR) is 101 cm³/mol. The standard InChI is InChI=1S/C23H34O3/c1-14(24)16-9-11-22(3)17(13-16)5-6-18-19-7-8-21(26-15(2)25)23(19,4)12-10-20(18)22/h9,17-21H,5-8,10-13H2,1-4H3/t17-,18-,19+,20-,21-,22-,23-/m0/s1. The van der Waals surface area contributed by atoms with Crippen molar-refractivity contribution in [2.24, 2.45) is 34.5 Å². The van der Waals surface area contributed by atoms with Gasteiger partial charge in [0.2, 0.25) is 0 Å². The predicted octanol–water partition coefficient (Wildman–Crippen LogP) is 5.09. The van der Waals surface area contributed by atoms with Gasteiger partial charge < -0.3 is 4.74 Å². The van der Waals surface area contributed by atoms with Crippen LogP contribution in [0.15, 0.2) is 11.6 Å². The maximum Gasteiger partial charge on any atom is 0.302 e. The zero-order valence-electron chi connectivity index (χ0n) is 16.8. The third kappa shape index (κ3) is 2.60. The molecular weight excluding hydrogens is 324 g/mol. The Bertz CT molecular complexity index is 650. The molecule has 0 spiro atoms. The number of hydrogen-bond acceptors (Lipinski definition) is 3. The molecule has 0 unspecified atom stereocenters. The van der Waals surface area contributed by atoms with Gasteiger partial charge in [0.1, 0.15) is 6.10 Å². The number of hydrogen-bond donors (Lipinski definition) is 0. The van der Waals surface area contributed by atoms with Gasteiger partial charge in [-0.25, -0.2) is 0 Å². The van der Waals surface area contributed by atoms with E-state index < -0.39 is 0 Å². The summed E-state index contributed by atoms with van der Waals surface area (Å²) < 4.78 is 5.75.